The third-order valence-corrected chi connectivity index (χ3v) is 2.61. The maximum Gasteiger partial charge on any atom is 0.0865 e. The molecule has 0 heterocycles. The van der Waals surface area contributed by atoms with E-state index in [-0.39, 0.29) is 0 Å². The molecule has 0 spiro atoms. The molecule has 0 bridgehead atoms. The molecule has 2 atom stereocenters. The molecule has 66 valence electrons. The Balaban J connectivity index is 2.96. The van der Waals surface area contributed by atoms with Crippen LogP contribution in [0.25, 0.3) is 0 Å². The first-order chi connectivity index (χ1) is 5.56. The monoisotopic (exact) mass is 182 g/mol. The molecular formula is C10H15OP. The van der Waals surface area contributed by atoms with Gasteiger partial charge >= 0.3 is 0 Å². The maximum absolute atomic E-state index is 9.88. The van der Waals surface area contributed by atoms with Gasteiger partial charge in [0, 0.05) is 0 Å². The van der Waals surface area contributed by atoms with E-state index in [0.717, 1.165) is 17.3 Å². The fourth-order valence-corrected chi connectivity index (χ4v) is 1.24. The van der Waals surface area contributed by atoms with Crippen LogP contribution in [0.5, 0.6) is 0 Å². The van der Waals surface area contributed by atoms with Crippen LogP contribution in [0.3, 0.4) is 0 Å². The average Bonchev–Trinajstić information content (AvgIpc) is 2.05. The number of aliphatic hydroxyl groups is 1. The summed E-state index contributed by atoms with van der Waals surface area (Å²) in [5.74, 6) is 0. The predicted octanol–water partition coefficient (Wildman–Crippen LogP) is 1.80. The summed E-state index contributed by atoms with van der Waals surface area (Å²) >= 11 is 0. The van der Waals surface area contributed by atoms with E-state index in [0.29, 0.717) is 0 Å². The molecule has 1 aromatic rings. The van der Waals surface area contributed by atoms with Crippen molar-refractivity contribution in [2.45, 2.75) is 25.9 Å². The Kier molecular flexibility index (Phi) is 2.87. The second-order valence-corrected chi connectivity index (χ2v) is 3.92. The van der Waals surface area contributed by atoms with Gasteiger partial charge in [-0.05, 0) is 24.2 Å². The van der Waals surface area contributed by atoms with Crippen LogP contribution in [0, 0.1) is 0 Å². The summed E-state index contributed by atoms with van der Waals surface area (Å²) in [6.45, 7) is 3.82. The quantitative estimate of drug-likeness (QED) is 0.691. The van der Waals surface area contributed by atoms with Crippen molar-refractivity contribution in [3.05, 3.63) is 29.8 Å². The van der Waals surface area contributed by atoms with Gasteiger partial charge in [0.05, 0.1) is 5.60 Å². The van der Waals surface area contributed by atoms with Gasteiger partial charge < -0.3 is 5.11 Å². The van der Waals surface area contributed by atoms with E-state index in [1.807, 2.05) is 38.1 Å². The van der Waals surface area contributed by atoms with Crippen LogP contribution in [0.15, 0.2) is 24.3 Å². The van der Waals surface area contributed by atoms with Gasteiger partial charge in [-0.15, -0.1) is 9.24 Å². The summed E-state index contributed by atoms with van der Waals surface area (Å²) < 4.78 is 0. The molecule has 0 radical (unpaired) electrons. The molecule has 0 amide bonds. The summed E-state index contributed by atoms with van der Waals surface area (Å²) in [6, 6.07) is 7.91. The number of hydrogen-bond acceptors (Lipinski definition) is 1. The minimum atomic E-state index is -0.682. The van der Waals surface area contributed by atoms with E-state index in [9.17, 15) is 5.11 Å². The fourth-order valence-electron chi connectivity index (χ4n) is 1.05. The number of rotatable bonds is 2. The highest BCUT2D eigenvalue weighted by Crippen LogP contribution is 2.22. The lowest BCUT2D eigenvalue weighted by molar-refractivity contribution is 0.0531. The Morgan fingerprint density at radius 3 is 2.25 bits per heavy atom. The van der Waals surface area contributed by atoms with E-state index in [1.165, 1.54) is 0 Å². The first-order valence-corrected chi connectivity index (χ1v) is 4.72. The third-order valence-electron chi connectivity index (χ3n) is 2.22. The van der Waals surface area contributed by atoms with Gasteiger partial charge in [-0.25, -0.2) is 0 Å². The molecule has 0 aliphatic carbocycles. The van der Waals surface area contributed by atoms with Crippen LogP contribution in [0.4, 0.5) is 0 Å². The Hall–Kier alpha value is -0.390. The molecule has 0 aliphatic heterocycles. The Morgan fingerprint density at radius 2 is 1.83 bits per heavy atom. The van der Waals surface area contributed by atoms with Crippen molar-refractivity contribution in [3.8, 4) is 0 Å². The van der Waals surface area contributed by atoms with Crippen molar-refractivity contribution in [2.75, 3.05) is 0 Å². The van der Waals surface area contributed by atoms with Crippen molar-refractivity contribution in [1.29, 1.82) is 0 Å². The molecule has 0 aromatic heterocycles. The van der Waals surface area contributed by atoms with Crippen LogP contribution < -0.4 is 5.30 Å². The predicted molar refractivity (Wildman–Crippen MR) is 55.6 cm³/mol. The van der Waals surface area contributed by atoms with E-state index in [2.05, 4.69) is 9.24 Å². The van der Waals surface area contributed by atoms with Gasteiger partial charge in [0.25, 0.3) is 0 Å². The van der Waals surface area contributed by atoms with Gasteiger partial charge in [-0.3, -0.25) is 0 Å². The molecule has 2 heteroatoms. The van der Waals surface area contributed by atoms with Crippen molar-refractivity contribution in [3.63, 3.8) is 0 Å². The van der Waals surface area contributed by atoms with Crippen molar-refractivity contribution >= 4 is 14.5 Å². The van der Waals surface area contributed by atoms with Gasteiger partial charge in [0.15, 0.2) is 0 Å². The average molecular weight is 182 g/mol. The standard InChI is InChI=1S/C10H15OP/c1-3-10(2,11)8-4-6-9(12)7-5-8/h4-7,11H,3,12H2,1-2H3/t10-/m0/s1. The minimum Gasteiger partial charge on any atom is -0.385 e. The molecule has 0 aliphatic rings. The summed E-state index contributed by atoms with van der Waals surface area (Å²) in [4.78, 5) is 0. The van der Waals surface area contributed by atoms with E-state index >= 15 is 0 Å². The molecule has 12 heavy (non-hydrogen) atoms. The SMILES string of the molecule is CC[C@](C)(O)c1ccc(P)cc1. The van der Waals surface area contributed by atoms with Crippen LogP contribution in [0.1, 0.15) is 25.8 Å². The van der Waals surface area contributed by atoms with Crippen LogP contribution in [-0.2, 0) is 5.60 Å². The van der Waals surface area contributed by atoms with Crippen molar-refractivity contribution < 1.29 is 5.11 Å². The van der Waals surface area contributed by atoms with Crippen LogP contribution in [-0.4, -0.2) is 5.11 Å². The minimum absolute atomic E-state index is 0.682. The van der Waals surface area contributed by atoms with Gasteiger partial charge in [0.1, 0.15) is 0 Å². The third kappa shape index (κ3) is 2.06. The highest BCUT2D eigenvalue weighted by atomic mass is 31.0. The van der Waals surface area contributed by atoms with Gasteiger partial charge in [0.2, 0.25) is 0 Å². The fraction of sp³-hybridized carbons (Fsp3) is 0.400. The van der Waals surface area contributed by atoms with E-state index in [4.69, 9.17) is 0 Å². The molecule has 0 saturated heterocycles. The molecule has 0 fully saturated rings. The highest BCUT2D eigenvalue weighted by molar-refractivity contribution is 7.27. The lowest BCUT2D eigenvalue weighted by Crippen LogP contribution is -2.19. The zero-order chi connectivity index (χ0) is 9.19. The molecular weight excluding hydrogens is 167 g/mol. The second kappa shape index (κ2) is 3.55. The van der Waals surface area contributed by atoms with E-state index in [1.54, 1.807) is 0 Å². The lowest BCUT2D eigenvalue weighted by Gasteiger charge is -2.21. The number of benzene rings is 1. The van der Waals surface area contributed by atoms with Crippen LogP contribution in [0.2, 0.25) is 0 Å². The van der Waals surface area contributed by atoms with Crippen LogP contribution >= 0.6 is 9.24 Å². The molecule has 1 N–H and O–H groups in total. The Bertz CT molecular complexity index is 251. The summed E-state index contributed by atoms with van der Waals surface area (Å²) in [5, 5.41) is 11.0. The normalized spacial score (nSPS) is 15.7. The summed E-state index contributed by atoms with van der Waals surface area (Å²) in [5.41, 5.74) is 0.300. The lowest BCUT2D eigenvalue weighted by atomic mass is 9.94. The smallest absolute Gasteiger partial charge is 0.0865 e. The molecule has 0 saturated carbocycles. The van der Waals surface area contributed by atoms with Gasteiger partial charge in [-0.2, -0.15) is 0 Å². The Labute approximate surface area is 76.0 Å². The van der Waals surface area contributed by atoms with Gasteiger partial charge in [-0.1, -0.05) is 31.2 Å². The zero-order valence-corrected chi connectivity index (χ0v) is 8.70. The second-order valence-electron chi connectivity index (χ2n) is 3.25. The summed E-state index contributed by atoms with van der Waals surface area (Å²) in [7, 11) is 2.63. The maximum atomic E-state index is 9.88. The van der Waals surface area contributed by atoms with E-state index < -0.39 is 5.60 Å². The molecule has 1 nitrogen and oxygen atoms in total. The first kappa shape index (κ1) is 9.70. The number of hydrogen-bond donors (Lipinski definition) is 1. The van der Waals surface area contributed by atoms with Crippen molar-refractivity contribution in [1.82, 2.24) is 0 Å². The van der Waals surface area contributed by atoms with Crippen molar-refractivity contribution in [2.24, 2.45) is 0 Å². The molecule has 1 aromatic carbocycles. The molecule has 1 unspecified atom stereocenters. The highest BCUT2D eigenvalue weighted by Gasteiger charge is 2.19. The summed E-state index contributed by atoms with van der Waals surface area (Å²) in [6.07, 6.45) is 0.739. The first-order valence-electron chi connectivity index (χ1n) is 4.14. The molecule has 1 rings (SSSR count). The topological polar surface area (TPSA) is 20.2 Å². The zero-order valence-electron chi connectivity index (χ0n) is 7.54. The largest absolute Gasteiger partial charge is 0.385 e. The Morgan fingerprint density at radius 1 is 1.33 bits per heavy atom.